The summed E-state index contributed by atoms with van der Waals surface area (Å²) < 4.78 is 0.716. The first-order chi connectivity index (χ1) is 10.5. The first-order valence-electron chi connectivity index (χ1n) is 6.35. The number of hydrogen-bond donors (Lipinski definition) is 2. The number of aromatic nitrogens is 3. The van der Waals surface area contributed by atoms with Crippen molar-refractivity contribution in [2.75, 3.05) is 17.2 Å². The van der Waals surface area contributed by atoms with Crippen molar-refractivity contribution in [3.05, 3.63) is 22.3 Å². The van der Waals surface area contributed by atoms with E-state index in [1.165, 1.54) is 35.4 Å². The molecule has 118 valence electrons. The van der Waals surface area contributed by atoms with Crippen LogP contribution in [-0.2, 0) is 4.79 Å². The first-order valence-corrected chi connectivity index (χ1v) is 8.80. The van der Waals surface area contributed by atoms with Gasteiger partial charge in [0, 0.05) is 12.7 Å². The van der Waals surface area contributed by atoms with E-state index in [4.69, 9.17) is 23.2 Å². The molecule has 0 bridgehead atoms. The molecule has 0 aliphatic carbocycles. The predicted molar refractivity (Wildman–Crippen MR) is 92.3 cm³/mol. The van der Waals surface area contributed by atoms with Gasteiger partial charge in [-0.2, -0.15) is 0 Å². The highest BCUT2D eigenvalue weighted by Crippen LogP contribution is 2.30. The molecule has 2 aromatic rings. The topological polar surface area (TPSA) is 79.8 Å². The van der Waals surface area contributed by atoms with Crippen LogP contribution in [-0.4, -0.2) is 32.9 Å². The van der Waals surface area contributed by atoms with Gasteiger partial charge in [0.05, 0.1) is 15.3 Å². The van der Waals surface area contributed by atoms with Gasteiger partial charge in [-0.1, -0.05) is 46.3 Å². The lowest BCUT2D eigenvalue weighted by Crippen LogP contribution is -2.23. The van der Waals surface area contributed by atoms with Crippen molar-refractivity contribution in [1.82, 2.24) is 15.2 Å². The normalized spacial score (nSPS) is 12.0. The maximum Gasteiger partial charge on any atom is 0.238 e. The summed E-state index contributed by atoms with van der Waals surface area (Å²) in [7, 11) is 0. The highest BCUT2D eigenvalue weighted by molar-refractivity contribution is 8.02. The molecule has 0 aliphatic rings. The molecule has 0 fully saturated rings. The van der Waals surface area contributed by atoms with Crippen molar-refractivity contribution < 1.29 is 4.79 Å². The SMILES string of the molecule is CCNc1nnc(S[C@@H](C)C(=O)Nc2ncc(Cl)cc2Cl)s1. The summed E-state index contributed by atoms with van der Waals surface area (Å²) in [5.74, 6) is 0.0658. The Hall–Kier alpha value is -1.09. The molecule has 0 saturated heterocycles. The van der Waals surface area contributed by atoms with E-state index in [2.05, 4.69) is 25.8 Å². The summed E-state index contributed by atoms with van der Waals surface area (Å²) >= 11 is 14.5. The number of nitrogens with zero attached hydrogens (tertiary/aromatic N) is 3. The second kappa shape index (κ2) is 7.96. The Balaban J connectivity index is 1.96. The number of rotatable bonds is 6. The van der Waals surface area contributed by atoms with Gasteiger partial charge < -0.3 is 10.6 Å². The van der Waals surface area contributed by atoms with E-state index in [0.717, 1.165) is 11.7 Å². The minimum atomic E-state index is -0.365. The van der Waals surface area contributed by atoms with Crippen LogP contribution in [0.25, 0.3) is 0 Å². The lowest BCUT2D eigenvalue weighted by Gasteiger charge is -2.10. The first kappa shape index (κ1) is 17.3. The Labute approximate surface area is 146 Å². The van der Waals surface area contributed by atoms with E-state index in [9.17, 15) is 4.79 Å². The molecule has 0 unspecified atom stereocenters. The van der Waals surface area contributed by atoms with Crippen LogP contribution in [0.3, 0.4) is 0 Å². The summed E-state index contributed by atoms with van der Waals surface area (Å²) in [5, 5.41) is 14.8. The molecule has 6 nitrogen and oxygen atoms in total. The van der Waals surface area contributed by atoms with Crippen molar-refractivity contribution >= 4 is 63.2 Å². The number of anilines is 2. The molecule has 1 amide bonds. The molecule has 0 aromatic carbocycles. The van der Waals surface area contributed by atoms with Gasteiger partial charge in [-0.25, -0.2) is 4.98 Å². The van der Waals surface area contributed by atoms with Crippen LogP contribution >= 0.6 is 46.3 Å². The van der Waals surface area contributed by atoms with Gasteiger partial charge in [-0.15, -0.1) is 10.2 Å². The molecule has 10 heteroatoms. The van der Waals surface area contributed by atoms with Crippen LogP contribution in [0.2, 0.25) is 10.0 Å². The lowest BCUT2D eigenvalue weighted by molar-refractivity contribution is -0.115. The van der Waals surface area contributed by atoms with E-state index in [-0.39, 0.29) is 17.0 Å². The average molecular weight is 378 g/mol. The second-order valence-corrected chi connectivity index (χ2v) is 7.55. The molecular formula is C12H13Cl2N5OS2. The van der Waals surface area contributed by atoms with Crippen molar-refractivity contribution in [1.29, 1.82) is 0 Å². The number of hydrogen-bond acceptors (Lipinski definition) is 7. The maximum absolute atomic E-state index is 12.2. The Morgan fingerprint density at radius 3 is 2.91 bits per heavy atom. The van der Waals surface area contributed by atoms with Crippen molar-refractivity contribution in [3.8, 4) is 0 Å². The quantitative estimate of drug-likeness (QED) is 0.745. The molecule has 2 heterocycles. The Kier molecular flexibility index (Phi) is 6.25. The monoisotopic (exact) mass is 377 g/mol. The van der Waals surface area contributed by atoms with Gasteiger partial charge in [0.15, 0.2) is 10.2 Å². The fourth-order valence-electron chi connectivity index (χ4n) is 1.41. The molecule has 22 heavy (non-hydrogen) atoms. The zero-order chi connectivity index (χ0) is 16.1. The number of carbonyl (C=O) groups excluding carboxylic acids is 1. The summed E-state index contributed by atoms with van der Waals surface area (Å²) in [6, 6.07) is 1.52. The lowest BCUT2D eigenvalue weighted by atomic mass is 10.4. The van der Waals surface area contributed by atoms with Crippen LogP contribution in [0.4, 0.5) is 10.9 Å². The van der Waals surface area contributed by atoms with Gasteiger partial charge in [-0.3, -0.25) is 4.79 Å². The number of carbonyl (C=O) groups is 1. The zero-order valence-electron chi connectivity index (χ0n) is 11.8. The van der Waals surface area contributed by atoms with Gasteiger partial charge in [0.25, 0.3) is 0 Å². The van der Waals surface area contributed by atoms with Crippen molar-refractivity contribution in [3.63, 3.8) is 0 Å². The predicted octanol–water partition coefficient (Wildman–Crippen LogP) is 3.79. The third kappa shape index (κ3) is 4.70. The molecular weight excluding hydrogens is 365 g/mol. The molecule has 2 aromatic heterocycles. The molecule has 0 spiro atoms. The standard InChI is InChI=1S/C12H13Cl2N5OS2/c1-3-15-11-18-19-12(22-11)21-6(2)10(20)17-9-8(14)4-7(13)5-16-9/h4-6H,3H2,1-2H3,(H,15,18)(H,16,17,20)/t6-/m0/s1. The summed E-state index contributed by atoms with van der Waals surface area (Å²) in [6.07, 6.45) is 1.42. The average Bonchev–Trinajstić information content (AvgIpc) is 2.89. The van der Waals surface area contributed by atoms with Gasteiger partial charge in [0.1, 0.15) is 0 Å². The summed E-state index contributed by atoms with van der Waals surface area (Å²) in [5.41, 5.74) is 0. The molecule has 0 radical (unpaired) electrons. The summed E-state index contributed by atoms with van der Waals surface area (Å²) in [6.45, 7) is 4.53. The molecule has 2 N–H and O–H groups in total. The van der Waals surface area contributed by atoms with Gasteiger partial charge >= 0.3 is 0 Å². The smallest absolute Gasteiger partial charge is 0.238 e. The van der Waals surface area contributed by atoms with E-state index in [0.29, 0.717) is 14.4 Å². The number of thioether (sulfide) groups is 1. The third-order valence-corrected chi connectivity index (χ3v) is 4.99. The highest BCUT2D eigenvalue weighted by atomic mass is 35.5. The maximum atomic E-state index is 12.2. The minimum absolute atomic E-state index is 0.220. The van der Waals surface area contributed by atoms with Gasteiger partial charge in [0.2, 0.25) is 11.0 Å². The summed E-state index contributed by atoms with van der Waals surface area (Å²) in [4.78, 5) is 16.2. The third-order valence-electron chi connectivity index (χ3n) is 2.43. The number of pyridine rings is 1. The number of halogens is 2. The molecule has 0 aliphatic heterocycles. The van der Waals surface area contributed by atoms with Crippen LogP contribution in [0.5, 0.6) is 0 Å². The van der Waals surface area contributed by atoms with E-state index in [1.807, 2.05) is 6.92 Å². The molecule has 2 rings (SSSR count). The Bertz CT molecular complexity index is 667. The second-order valence-electron chi connectivity index (χ2n) is 4.14. The van der Waals surface area contributed by atoms with Crippen molar-refractivity contribution in [2.24, 2.45) is 0 Å². The van der Waals surface area contributed by atoms with Crippen molar-refractivity contribution in [2.45, 2.75) is 23.4 Å². The van der Waals surface area contributed by atoms with E-state index < -0.39 is 0 Å². The van der Waals surface area contributed by atoms with E-state index >= 15 is 0 Å². The van der Waals surface area contributed by atoms with Crippen LogP contribution in [0.15, 0.2) is 16.6 Å². The Morgan fingerprint density at radius 2 is 2.23 bits per heavy atom. The zero-order valence-corrected chi connectivity index (χ0v) is 14.9. The largest absolute Gasteiger partial charge is 0.360 e. The molecule has 0 saturated carbocycles. The van der Waals surface area contributed by atoms with Gasteiger partial charge in [-0.05, 0) is 19.9 Å². The van der Waals surface area contributed by atoms with Crippen LogP contribution in [0.1, 0.15) is 13.8 Å². The van der Waals surface area contributed by atoms with Crippen LogP contribution in [0, 0.1) is 0 Å². The van der Waals surface area contributed by atoms with Crippen LogP contribution < -0.4 is 10.6 Å². The number of nitrogens with one attached hydrogen (secondary N) is 2. The van der Waals surface area contributed by atoms with E-state index in [1.54, 1.807) is 6.92 Å². The number of amides is 1. The highest BCUT2D eigenvalue weighted by Gasteiger charge is 2.18. The Morgan fingerprint density at radius 1 is 1.45 bits per heavy atom. The fraction of sp³-hybridized carbons (Fsp3) is 0.333. The molecule has 1 atom stereocenters. The minimum Gasteiger partial charge on any atom is -0.360 e. The fourth-order valence-corrected chi connectivity index (χ4v) is 3.80.